The Morgan fingerprint density at radius 2 is 1.85 bits per heavy atom. The molecule has 0 spiro atoms. The van der Waals surface area contributed by atoms with E-state index in [0.717, 1.165) is 11.3 Å². The van der Waals surface area contributed by atoms with Crippen molar-refractivity contribution in [3.05, 3.63) is 71.9 Å². The molecular formula is C21H21N3O3. The molecule has 1 heterocycles. The first-order valence-corrected chi connectivity index (χ1v) is 8.42. The van der Waals surface area contributed by atoms with E-state index < -0.39 is 0 Å². The number of hydrogen-bond donors (Lipinski definition) is 2. The number of pyridine rings is 1. The molecule has 0 unspecified atom stereocenters. The Hall–Kier alpha value is -3.54. The summed E-state index contributed by atoms with van der Waals surface area (Å²) < 4.78 is 10.5. The van der Waals surface area contributed by atoms with Crippen molar-refractivity contribution in [3.63, 3.8) is 0 Å². The Morgan fingerprint density at radius 3 is 2.59 bits per heavy atom. The molecule has 0 aliphatic heterocycles. The largest absolute Gasteiger partial charge is 0.497 e. The maximum absolute atomic E-state index is 12.6. The maximum atomic E-state index is 12.6. The van der Waals surface area contributed by atoms with Gasteiger partial charge in [0.05, 0.1) is 19.9 Å². The van der Waals surface area contributed by atoms with Crippen LogP contribution in [-0.2, 0) is 0 Å². The Morgan fingerprint density at radius 1 is 1.00 bits per heavy atom. The maximum Gasteiger partial charge on any atom is 0.255 e. The molecule has 27 heavy (non-hydrogen) atoms. The Bertz CT molecular complexity index is 957. The summed E-state index contributed by atoms with van der Waals surface area (Å²) in [5, 5.41) is 6.06. The average molecular weight is 363 g/mol. The highest BCUT2D eigenvalue weighted by Gasteiger charge is 2.12. The minimum Gasteiger partial charge on any atom is -0.497 e. The van der Waals surface area contributed by atoms with Crippen LogP contribution in [0.2, 0.25) is 0 Å². The van der Waals surface area contributed by atoms with E-state index in [1.54, 1.807) is 50.7 Å². The van der Waals surface area contributed by atoms with Gasteiger partial charge in [-0.1, -0.05) is 12.1 Å². The van der Waals surface area contributed by atoms with Crippen molar-refractivity contribution in [1.82, 2.24) is 4.98 Å². The smallest absolute Gasteiger partial charge is 0.255 e. The topological polar surface area (TPSA) is 72.5 Å². The highest BCUT2D eigenvalue weighted by atomic mass is 16.5. The van der Waals surface area contributed by atoms with Gasteiger partial charge >= 0.3 is 0 Å². The fraction of sp³-hybridized carbons (Fsp3) is 0.143. The molecule has 0 fully saturated rings. The highest BCUT2D eigenvalue weighted by Crippen LogP contribution is 2.29. The van der Waals surface area contributed by atoms with Crippen LogP contribution in [-0.4, -0.2) is 25.1 Å². The van der Waals surface area contributed by atoms with Crippen molar-refractivity contribution in [2.75, 3.05) is 24.9 Å². The molecule has 0 bridgehead atoms. The fourth-order valence-corrected chi connectivity index (χ4v) is 2.61. The molecule has 2 aromatic carbocycles. The van der Waals surface area contributed by atoms with Gasteiger partial charge in [-0.2, -0.15) is 0 Å². The predicted octanol–water partition coefficient (Wildman–Crippen LogP) is 4.40. The van der Waals surface area contributed by atoms with E-state index in [1.807, 2.05) is 31.2 Å². The second-order valence-electron chi connectivity index (χ2n) is 5.94. The molecule has 1 aromatic heterocycles. The van der Waals surface area contributed by atoms with Crippen LogP contribution in [0.15, 0.2) is 60.8 Å². The van der Waals surface area contributed by atoms with Gasteiger partial charge in [0, 0.05) is 23.5 Å². The number of benzene rings is 2. The number of aromatic nitrogens is 1. The standard InChI is InChI=1S/C21H21N3O3/c1-14-5-4-6-16(11-14)23-20-12-15(9-10-22-20)21(25)24-18-8-7-17(26-2)13-19(18)27-3/h4-13H,1-3H3,(H,22,23)(H,24,25). The summed E-state index contributed by atoms with van der Waals surface area (Å²) in [4.78, 5) is 16.9. The van der Waals surface area contributed by atoms with Gasteiger partial charge in [-0.25, -0.2) is 4.98 Å². The molecule has 0 aliphatic carbocycles. The fourth-order valence-electron chi connectivity index (χ4n) is 2.61. The number of carbonyl (C=O) groups excluding carboxylic acids is 1. The van der Waals surface area contributed by atoms with Gasteiger partial charge in [0.1, 0.15) is 17.3 Å². The van der Waals surface area contributed by atoms with Crippen molar-refractivity contribution in [2.24, 2.45) is 0 Å². The monoisotopic (exact) mass is 363 g/mol. The molecule has 0 saturated heterocycles. The number of rotatable bonds is 6. The molecule has 2 N–H and O–H groups in total. The first-order chi connectivity index (χ1) is 13.1. The quantitative estimate of drug-likeness (QED) is 0.679. The number of aryl methyl sites for hydroxylation is 1. The number of hydrogen-bond acceptors (Lipinski definition) is 5. The lowest BCUT2D eigenvalue weighted by Crippen LogP contribution is -2.13. The average Bonchev–Trinajstić information content (AvgIpc) is 2.68. The molecule has 3 rings (SSSR count). The van der Waals surface area contributed by atoms with E-state index in [4.69, 9.17) is 9.47 Å². The first kappa shape index (κ1) is 18.3. The minimum absolute atomic E-state index is 0.256. The number of carbonyl (C=O) groups is 1. The zero-order valence-corrected chi connectivity index (χ0v) is 15.4. The minimum atomic E-state index is -0.256. The summed E-state index contributed by atoms with van der Waals surface area (Å²) in [5.41, 5.74) is 3.10. The lowest BCUT2D eigenvalue weighted by Gasteiger charge is -2.12. The summed E-state index contributed by atoms with van der Waals surface area (Å²) in [6.45, 7) is 2.02. The lowest BCUT2D eigenvalue weighted by molar-refractivity contribution is 0.102. The van der Waals surface area contributed by atoms with Gasteiger partial charge in [-0.15, -0.1) is 0 Å². The molecule has 6 heteroatoms. The molecule has 0 atom stereocenters. The number of nitrogens with one attached hydrogen (secondary N) is 2. The van der Waals surface area contributed by atoms with Crippen LogP contribution in [0, 0.1) is 6.92 Å². The zero-order chi connectivity index (χ0) is 19.2. The van der Waals surface area contributed by atoms with Gasteiger partial charge in [-0.3, -0.25) is 4.79 Å². The van der Waals surface area contributed by atoms with Crippen LogP contribution in [0.3, 0.4) is 0 Å². The zero-order valence-electron chi connectivity index (χ0n) is 15.4. The second-order valence-corrected chi connectivity index (χ2v) is 5.94. The van der Waals surface area contributed by atoms with Crippen molar-refractivity contribution in [2.45, 2.75) is 6.92 Å². The van der Waals surface area contributed by atoms with E-state index >= 15 is 0 Å². The van der Waals surface area contributed by atoms with Crippen LogP contribution in [0.4, 0.5) is 17.2 Å². The molecular weight excluding hydrogens is 342 g/mol. The van der Waals surface area contributed by atoms with E-state index in [0.29, 0.717) is 28.6 Å². The van der Waals surface area contributed by atoms with Crippen LogP contribution in [0.5, 0.6) is 11.5 Å². The van der Waals surface area contributed by atoms with Gasteiger partial charge in [-0.05, 0) is 48.9 Å². The third-order valence-corrected chi connectivity index (χ3v) is 3.97. The molecule has 1 amide bonds. The number of ether oxygens (including phenoxy) is 2. The molecule has 6 nitrogen and oxygen atoms in total. The summed E-state index contributed by atoms with van der Waals surface area (Å²) in [7, 11) is 3.12. The SMILES string of the molecule is COc1ccc(NC(=O)c2ccnc(Nc3cccc(C)c3)c2)c(OC)c1. The van der Waals surface area contributed by atoms with Crippen molar-refractivity contribution < 1.29 is 14.3 Å². The lowest BCUT2D eigenvalue weighted by atomic mass is 10.2. The Balaban J connectivity index is 1.77. The van der Waals surface area contributed by atoms with Crippen molar-refractivity contribution in [1.29, 1.82) is 0 Å². The van der Waals surface area contributed by atoms with Crippen LogP contribution in [0.1, 0.15) is 15.9 Å². The summed E-state index contributed by atoms with van der Waals surface area (Å²) in [6, 6.07) is 16.5. The molecule has 0 saturated carbocycles. The molecule has 3 aromatic rings. The third-order valence-electron chi connectivity index (χ3n) is 3.97. The van der Waals surface area contributed by atoms with Crippen LogP contribution >= 0.6 is 0 Å². The van der Waals surface area contributed by atoms with Gasteiger partial charge in [0.2, 0.25) is 0 Å². The predicted molar refractivity (Wildman–Crippen MR) is 106 cm³/mol. The van der Waals surface area contributed by atoms with Crippen molar-refractivity contribution >= 4 is 23.1 Å². The van der Waals surface area contributed by atoms with E-state index in [1.165, 1.54) is 0 Å². The van der Waals surface area contributed by atoms with E-state index in [2.05, 4.69) is 15.6 Å². The molecule has 0 aliphatic rings. The third kappa shape index (κ3) is 4.55. The highest BCUT2D eigenvalue weighted by molar-refractivity contribution is 6.05. The number of amides is 1. The van der Waals surface area contributed by atoms with E-state index in [9.17, 15) is 4.79 Å². The first-order valence-electron chi connectivity index (χ1n) is 8.42. The van der Waals surface area contributed by atoms with Crippen LogP contribution in [0.25, 0.3) is 0 Å². The molecule has 0 radical (unpaired) electrons. The Kier molecular flexibility index (Phi) is 5.56. The Labute approximate surface area is 158 Å². The van der Waals surface area contributed by atoms with Gasteiger partial charge in [0.25, 0.3) is 5.91 Å². The summed E-state index contributed by atoms with van der Waals surface area (Å²) >= 11 is 0. The van der Waals surface area contributed by atoms with E-state index in [-0.39, 0.29) is 5.91 Å². The van der Waals surface area contributed by atoms with Gasteiger partial charge < -0.3 is 20.1 Å². The normalized spacial score (nSPS) is 10.2. The number of nitrogens with zero attached hydrogens (tertiary/aromatic N) is 1. The van der Waals surface area contributed by atoms with Crippen LogP contribution < -0.4 is 20.1 Å². The summed E-state index contributed by atoms with van der Waals surface area (Å²) in [5.74, 6) is 1.51. The summed E-state index contributed by atoms with van der Waals surface area (Å²) in [6.07, 6.45) is 1.60. The molecule has 138 valence electrons. The number of methoxy groups -OCH3 is 2. The van der Waals surface area contributed by atoms with Crippen molar-refractivity contribution in [3.8, 4) is 11.5 Å². The van der Waals surface area contributed by atoms with Gasteiger partial charge in [0.15, 0.2) is 0 Å². The number of anilines is 3. The second kappa shape index (κ2) is 8.23.